The zero-order chi connectivity index (χ0) is 46.1. The molecule has 0 aliphatic rings. The molecule has 3 aromatic carbocycles. The second-order valence-electron chi connectivity index (χ2n) is 14.3. The van der Waals surface area contributed by atoms with Gasteiger partial charge in [0.05, 0.1) is 24.2 Å². The van der Waals surface area contributed by atoms with Gasteiger partial charge in [0.1, 0.15) is 37.8 Å². The van der Waals surface area contributed by atoms with Gasteiger partial charge in [0.15, 0.2) is 4.84 Å². The number of rotatable bonds is 15. The first-order valence-electron chi connectivity index (χ1n) is 18.7. The maximum Gasteiger partial charge on any atom is 0.408 e. The van der Waals surface area contributed by atoms with E-state index in [-0.39, 0.29) is 0 Å². The first kappa shape index (κ1) is 49.7. The average molecular weight is 923 g/mol. The van der Waals surface area contributed by atoms with E-state index in [4.69, 9.17) is 33.7 Å². The summed E-state index contributed by atoms with van der Waals surface area (Å²) in [5.74, 6) is 0.489. The monoisotopic (exact) mass is 921 g/mol. The molecular formula is C40H44Cl2F3N9O9. The Morgan fingerprint density at radius 2 is 0.984 bits per heavy atom. The van der Waals surface area contributed by atoms with Crippen molar-refractivity contribution in [2.75, 3.05) is 20.0 Å². The van der Waals surface area contributed by atoms with Gasteiger partial charge in [0.2, 0.25) is 36.7 Å². The number of aromatic nitrogens is 6. The predicted octanol–water partition coefficient (Wildman–Crippen LogP) is 5.73. The van der Waals surface area contributed by atoms with Crippen molar-refractivity contribution in [2.45, 2.75) is 67.6 Å². The highest BCUT2D eigenvalue weighted by Crippen LogP contribution is 2.24. The fourth-order valence-electron chi connectivity index (χ4n) is 5.29. The summed E-state index contributed by atoms with van der Waals surface area (Å²) in [7, 11) is 0. The Bertz CT molecular complexity index is 2220. The van der Waals surface area contributed by atoms with Crippen LogP contribution in [0.25, 0.3) is 34.2 Å². The number of hydrogen-bond acceptors (Lipinski definition) is 16. The van der Waals surface area contributed by atoms with E-state index in [1.807, 2.05) is 0 Å². The molecule has 18 nitrogen and oxygen atoms in total. The lowest BCUT2D eigenvalue weighted by Gasteiger charge is -2.25. The number of alkyl carbamates (subject to hydrolysis) is 1. The summed E-state index contributed by atoms with van der Waals surface area (Å²) >= 11 is 10.8. The molecule has 6 aromatic rings. The van der Waals surface area contributed by atoms with E-state index >= 15 is 0 Å². The highest BCUT2D eigenvalue weighted by molar-refractivity contribution is 6.53. The van der Waals surface area contributed by atoms with Crippen LogP contribution in [0.4, 0.5) is 18.0 Å². The molecule has 0 unspecified atom stereocenters. The lowest BCUT2D eigenvalue weighted by Crippen LogP contribution is -2.43. The van der Waals surface area contributed by atoms with Crippen molar-refractivity contribution in [3.63, 3.8) is 0 Å². The third kappa shape index (κ3) is 15.1. The maximum absolute atomic E-state index is 13.2. The van der Waals surface area contributed by atoms with Gasteiger partial charge in [-0.15, -0.1) is 0 Å². The second kappa shape index (κ2) is 24.0. The Morgan fingerprint density at radius 1 is 0.635 bits per heavy atom. The Hall–Kier alpha value is -5.97. The number of benzene rings is 3. The van der Waals surface area contributed by atoms with Gasteiger partial charge in [-0.05, 0) is 37.5 Å². The summed E-state index contributed by atoms with van der Waals surface area (Å²) in [4.78, 5) is 33.5. The number of ether oxygens (including phenoxy) is 1. The molecule has 2 amide bonds. The number of hydrogen-bond donors (Lipinski definition) is 6. The van der Waals surface area contributed by atoms with Crippen LogP contribution in [0.2, 0.25) is 0 Å². The summed E-state index contributed by atoms with van der Waals surface area (Å²) in [6.45, 7) is 2.42. The number of aliphatic hydroxyl groups is 3. The molecule has 0 aliphatic heterocycles. The molecule has 6 rings (SSSR count). The van der Waals surface area contributed by atoms with Crippen molar-refractivity contribution in [3.05, 3.63) is 109 Å². The fraction of sp³-hybridized carbons (Fsp3) is 0.350. The molecule has 3 aromatic heterocycles. The maximum atomic E-state index is 13.2. The molecule has 3 heterocycles. The molecule has 338 valence electrons. The van der Waals surface area contributed by atoms with Crippen LogP contribution in [0, 0.1) is 0 Å². The van der Waals surface area contributed by atoms with Crippen molar-refractivity contribution < 1.29 is 56.4 Å². The number of aliphatic hydroxyl groups excluding tert-OH is 3. The van der Waals surface area contributed by atoms with E-state index in [1.54, 1.807) is 93.6 Å². The molecular weight excluding hydrogens is 878 g/mol. The molecule has 0 radical (unpaired) electrons. The number of carbonyl (C=O) groups is 2. The molecule has 6 atom stereocenters. The summed E-state index contributed by atoms with van der Waals surface area (Å²) in [6, 6.07) is 16.6. The van der Waals surface area contributed by atoms with E-state index in [1.165, 1.54) is 19.2 Å². The first-order chi connectivity index (χ1) is 30.0. The Labute approximate surface area is 367 Å². The predicted molar refractivity (Wildman–Crippen MR) is 221 cm³/mol. The van der Waals surface area contributed by atoms with Crippen LogP contribution in [0.5, 0.6) is 0 Å². The van der Waals surface area contributed by atoms with Crippen LogP contribution in [0.3, 0.4) is 0 Å². The van der Waals surface area contributed by atoms with Crippen LogP contribution < -0.4 is 16.4 Å². The summed E-state index contributed by atoms with van der Waals surface area (Å²) < 4.78 is 57.6. The number of amides is 2. The number of carbonyl (C=O) groups excluding carboxylic acids is 2. The van der Waals surface area contributed by atoms with Crippen molar-refractivity contribution in [3.8, 4) is 34.2 Å². The van der Waals surface area contributed by atoms with Crippen LogP contribution >= 0.6 is 23.2 Å². The van der Waals surface area contributed by atoms with Gasteiger partial charge < -0.3 is 50.0 Å². The number of nitrogens with one attached hydrogen (secondary N) is 2. The van der Waals surface area contributed by atoms with E-state index in [2.05, 4.69) is 54.6 Å². The van der Waals surface area contributed by atoms with Crippen LogP contribution in [-0.4, -0.2) is 106 Å². The molecule has 23 heteroatoms. The molecule has 0 fully saturated rings. The minimum absolute atomic E-state index is 0.392. The molecule has 0 aliphatic carbocycles. The normalized spacial score (nSPS) is 14.1. The zero-order valence-corrected chi connectivity index (χ0v) is 35.3. The minimum atomic E-state index is -1.33. The second-order valence-corrected chi connectivity index (χ2v) is 15.4. The quantitative estimate of drug-likeness (QED) is 0.0672. The zero-order valence-electron chi connectivity index (χ0n) is 33.8. The van der Waals surface area contributed by atoms with E-state index < -0.39 is 78.9 Å². The van der Waals surface area contributed by atoms with Gasteiger partial charge in [-0.1, -0.05) is 111 Å². The largest absolute Gasteiger partial charge is 0.444 e. The first-order valence-corrected chi connectivity index (χ1v) is 19.6. The van der Waals surface area contributed by atoms with Crippen molar-refractivity contribution in [2.24, 2.45) is 5.73 Å². The van der Waals surface area contributed by atoms with Gasteiger partial charge in [-0.2, -0.15) is 15.0 Å². The highest BCUT2D eigenvalue weighted by atomic mass is 35.5. The molecule has 0 spiro atoms. The van der Waals surface area contributed by atoms with E-state index in [9.17, 15) is 38.1 Å². The van der Waals surface area contributed by atoms with Crippen LogP contribution in [0.15, 0.2) is 106 Å². The number of halogens is 5. The smallest absolute Gasteiger partial charge is 0.408 e. The van der Waals surface area contributed by atoms with Crippen molar-refractivity contribution in [1.29, 1.82) is 0 Å². The Kier molecular flexibility index (Phi) is 19.0. The Balaban J connectivity index is 0.000000210. The van der Waals surface area contributed by atoms with Gasteiger partial charge >= 0.3 is 6.09 Å². The number of nitrogens with zero attached hydrogens (tertiary/aromatic N) is 6. The van der Waals surface area contributed by atoms with Gasteiger partial charge in [0.25, 0.3) is 5.91 Å². The Morgan fingerprint density at radius 3 is 1.27 bits per heavy atom. The lowest BCUT2D eigenvalue weighted by atomic mass is 10.0. The standard InChI is InChI=1S/C16H20FN3O4.C13H12Cl2FN3O3.C11H12FN3O2/c1-16(2,3)24-15(22)19-12(8-17)13(21)10-4-6-11(7-5-10)14-18-9-23-20-14;14-11(15)13(21)18-9(5-16)10(20)7-1-3-8(4-2-7)12-17-6-22-19-12;12-5-9(13)10(16)7-1-3-8(4-2-7)11-14-6-17-15-11/h4-7,9,12-13,21H,8H2,1-3H3,(H,19,22);1-4,6,9-11,20H,5H2,(H,18,21);1-4,6,9-10,16H,5,13H2/t12-,13-;2*9-,10-/m111/s1. The van der Waals surface area contributed by atoms with E-state index in [0.29, 0.717) is 45.3 Å². The molecule has 63 heavy (non-hydrogen) atoms. The molecule has 0 saturated carbocycles. The number of nitrogens with two attached hydrogens (primary N) is 1. The van der Waals surface area contributed by atoms with E-state index in [0.717, 1.165) is 5.56 Å². The lowest BCUT2D eigenvalue weighted by molar-refractivity contribution is -0.121. The SMILES string of the molecule is CC(C)(C)OC(=O)N[C@H](CF)[C@H](O)c1ccc(-c2ncon2)cc1.N[C@H](CF)[C@H](O)c1ccc(-c2ncon2)cc1.O=C(N[C@H](CF)[C@H](O)c1ccc(-c2ncon2)cc1)C(Cl)Cl. The third-order valence-corrected chi connectivity index (χ3v) is 8.92. The summed E-state index contributed by atoms with van der Waals surface area (Å²) in [5.41, 5.74) is 8.24. The third-order valence-electron chi connectivity index (χ3n) is 8.52. The summed E-state index contributed by atoms with van der Waals surface area (Å²) in [6.07, 6.45) is -0.630. The summed E-state index contributed by atoms with van der Waals surface area (Å²) in [5, 5.41) is 45.8. The van der Waals surface area contributed by atoms with Crippen LogP contribution in [-0.2, 0) is 9.53 Å². The van der Waals surface area contributed by atoms with Gasteiger partial charge in [-0.3, -0.25) is 4.79 Å². The van der Waals surface area contributed by atoms with Gasteiger partial charge in [-0.25, -0.2) is 18.0 Å². The molecule has 0 bridgehead atoms. The average Bonchev–Trinajstić information content (AvgIpc) is 4.12. The highest BCUT2D eigenvalue weighted by Gasteiger charge is 2.27. The fourth-order valence-corrected chi connectivity index (χ4v) is 5.41. The van der Waals surface area contributed by atoms with Crippen molar-refractivity contribution >= 4 is 35.2 Å². The van der Waals surface area contributed by atoms with Crippen LogP contribution in [0.1, 0.15) is 55.8 Å². The minimum Gasteiger partial charge on any atom is -0.444 e. The van der Waals surface area contributed by atoms with Crippen molar-refractivity contribution in [1.82, 2.24) is 41.1 Å². The molecule has 7 N–H and O–H groups in total. The number of alkyl halides is 5. The van der Waals surface area contributed by atoms with Gasteiger partial charge in [0, 0.05) is 16.7 Å². The topological polar surface area (TPSA) is 271 Å². The molecule has 0 saturated heterocycles.